The first-order valence-electron chi connectivity index (χ1n) is 6.78. The zero-order chi connectivity index (χ0) is 14.8. The van der Waals surface area contributed by atoms with Gasteiger partial charge in [-0.15, -0.1) is 0 Å². The van der Waals surface area contributed by atoms with Crippen molar-refractivity contribution in [1.82, 2.24) is 30.5 Å². The predicted molar refractivity (Wildman–Crippen MR) is 73.8 cm³/mol. The van der Waals surface area contributed by atoms with E-state index in [4.69, 9.17) is 9.26 Å². The van der Waals surface area contributed by atoms with E-state index in [-0.39, 0.29) is 12.0 Å². The van der Waals surface area contributed by atoms with Gasteiger partial charge >= 0.3 is 0 Å². The van der Waals surface area contributed by atoms with Crippen LogP contribution in [0.2, 0.25) is 0 Å². The molecule has 9 heteroatoms. The van der Waals surface area contributed by atoms with Crippen molar-refractivity contribution in [2.45, 2.75) is 18.6 Å². The Balaban J connectivity index is 1.67. The highest BCUT2D eigenvalue weighted by Gasteiger charge is 2.36. The molecule has 1 saturated heterocycles. The fourth-order valence-electron chi connectivity index (χ4n) is 2.58. The highest BCUT2D eigenvalue weighted by Crippen LogP contribution is 2.28. The van der Waals surface area contributed by atoms with Crippen molar-refractivity contribution in [3.05, 3.63) is 17.8 Å². The normalized spacial score (nSPS) is 22.8. The molecule has 21 heavy (non-hydrogen) atoms. The van der Waals surface area contributed by atoms with Crippen molar-refractivity contribution in [2.24, 2.45) is 0 Å². The van der Waals surface area contributed by atoms with Gasteiger partial charge in [-0.05, 0) is 5.16 Å². The Morgan fingerprint density at radius 1 is 1.48 bits per heavy atom. The van der Waals surface area contributed by atoms with E-state index in [1.54, 1.807) is 13.3 Å². The average molecular weight is 293 g/mol. The summed E-state index contributed by atoms with van der Waals surface area (Å²) in [5, 5.41) is 14.6. The summed E-state index contributed by atoms with van der Waals surface area (Å²) in [5.41, 5.74) is 0.920. The number of aromatic amines is 1. The smallest absolute Gasteiger partial charge is 0.265 e. The lowest BCUT2D eigenvalue weighted by Crippen LogP contribution is -2.22. The lowest BCUT2D eigenvalue weighted by Gasteiger charge is -2.13. The number of rotatable bonds is 5. The highest BCUT2D eigenvalue weighted by molar-refractivity contribution is 5.23. The fraction of sp³-hybridized carbons (Fsp3) is 0.667. The van der Waals surface area contributed by atoms with Crippen LogP contribution in [0.1, 0.15) is 17.5 Å². The monoisotopic (exact) mass is 293 g/mol. The summed E-state index contributed by atoms with van der Waals surface area (Å²) in [6.07, 6.45) is 1.84. The van der Waals surface area contributed by atoms with Crippen molar-refractivity contribution in [3.8, 4) is 0 Å². The molecule has 0 amide bonds. The van der Waals surface area contributed by atoms with Gasteiger partial charge in [-0.3, -0.25) is 4.90 Å². The van der Waals surface area contributed by atoms with E-state index in [0.717, 1.165) is 18.8 Å². The topological polar surface area (TPSA) is 96.2 Å². The summed E-state index contributed by atoms with van der Waals surface area (Å²) < 4.78 is 10.8. The van der Waals surface area contributed by atoms with Crippen molar-refractivity contribution >= 4 is 5.95 Å². The quantitative estimate of drug-likeness (QED) is 0.814. The van der Waals surface area contributed by atoms with Gasteiger partial charge in [-0.1, -0.05) is 0 Å². The summed E-state index contributed by atoms with van der Waals surface area (Å²) in [5.74, 6) is 1.39. The molecule has 0 bridgehead atoms. The van der Waals surface area contributed by atoms with Gasteiger partial charge in [0.15, 0.2) is 0 Å². The van der Waals surface area contributed by atoms with Gasteiger partial charge in [0.25, 0.3) is 5.95 Å². The Kier molecular flexibility index (Phi) is 3.84. The van der Waals surface area contributed by atoms with Gasteiger partial charge in [0.05, 0.1) is 24.5 Å². The zero-order valence-electron chi connectivity index (χ0n) is 12.4. The number of likely N-dealkylation sites (tertiary alicyclic amines) is 1. The van der Waals surface area contributed by atoms with E-state index in [2.05, 4.69) is 30.5 Å². The maximum Gasteiger partial charge on any atom is 0.265 e. The molecule has 1 fully saturated rings. The second-order valence-electron chi connectivity index (χ2n) is 5.35. The second-order valence-corrected chi connectivity index (χ2v) is 5.35. The maximum absolute atomic E-state index is 5.56. The maximum atomic E-state index is 5.56. The average Bonchev–Trinajstić information content (AvgIpc) is 3.18. The molecule has 2 aromatic rings. The molecule has 0 aliphatic carbocycles. The Hall–Kier alpha value is -2.00. The van der Waals surface area contributed by atoms with E-state index in [1.807, 2.05) is 19.0 Å². The number of ether oxygens (including phenoxy) is 1. The fourth-order valence-corrected chi connectivity index (χ4v) is 2.58. The Morgan fingerprint density at radius 3 is 2.95 bits per heavy atom. The molecule has 9 nitrogen and oxygen atoms in total. The minimum Gasteiger partial charge on any atom is -0.379 e. The molecule has 2 aromatic heterocycles. The van der Waals surface area contributed by atoms with Gasteiger partial charge in [0.1, 0.15) is 0 Å². The van der Waals surface area contributed by atoms with Crippen molar-refractivity contribution in [3.63, 3.8) is 0 Å². The van der Waals surface area contributed by atoms with Crippen LogP contribution in [0, 0.1) is 0 Å². The number of nitrogens with zero attached hydrogens (tertiary/aromatic N) is 6. The Labute approximate surface area is 122 Å². The zero-order valence-corrected chi connectivity index (χ0v) is 12.4. The molecule has 0 unspecified atom stereocenters. The van der Waals surface area contributed by atoms with Crippen LogP contribution in [-0.4, -0.2) is 70.8 Å². The summed E-state index contributed by atoms with van der Waals surface area (Å²) >= 11 is 0. The molecule has 3 rings (SSSR count). The van der Waals surface area contributed by atoms with Crippen LogP contribution in [0.4, 0.5) is 5.95 Å². The van der Waals surface area contributed by atoms with E-state index in [1.165, 1.54) is 0 Å². The number of hydrogen-bond acceptors (Lipinski definition) is 8. The SMILES string of the molecule is CO[C@@H]1CN(Cc2nc(N(C)C)no2)C[C@H]1c1cn[nH]n1. The molecular formula is C12H19N7O2. The van der Waals surface area contributed by atoms with Crippen LogP contribution in [0.15, 0.2) is 10.7 Å². The molecule has 0 radical (unpaired) electrons. The van der Waals surface area contributed by atoms with Crippen LogP contribution in [0.3, 0.4) is 0 Å². The first kappa shape index (κ1) is 14.0. The molecule has 0 spiro atoms. The number of hydrogen-bond donors (Lipinski definition) is 1. The standard InChI is InChI=1S/C12H19N7O2/c1-18(2)12-14-11(21-16-12)7-19-5-8(10(6-19)20-3)9-4-13-17-15-9/h4,8,10H,5-7H2,1-3H3,(H,13,15,17)/t8-,10+/m0/s1. The minimum absolute atomic E-state index is 0.0892. The van der Waals surface area contributed by atoms with E-state index in [0.29, 0.717) is 18.4 Å². The predicted octanol–water partition coefficient (Wildman–Crippen LogP) is -0.132. The van der Waals surface area contributed by atoms with E-state index in [9.17, 15) is 0 Å². The molecule has 1 N–H and O–H groups in total. The number of methoxy groups -OCH3 is 1. The van der Waals surface area contributed by atoms with Crippen LogP contribution in [0.5, 0.6) is 0 Å². The third-order valence-electron chi connectivity index (χ3n) is 3.67. The van der Waals surface area contributed by atoms with Crippen molar-refractivity contribution in [2.75, 3.05) is 39.2 Å². The molecule has 2 atom stereocenters. The molecule has 3 heterocycles. The largest absolute Gasteiger partial charge is 0.379 e. The van der Waals surface area contributed by atoms with Crippen molar-refractivity contribution < 1.29 is 9.26 Å². The third kappa shape index (κ3) is 2.88. The summed E-state index contributed by atoms with van der Waals surface area (Å²) in [4.78, 5) is 8.38. The van der Waals surface area contributed by atoms with Crippen LogP contribution >= 0.6 is 0 Å². The molecular weight excluding hydrogens is 274 g/mol. The number of aromatic nitrogens is 5. The molecule has 0 saturated carbocycles. The number of anilines is 1. The minimum atomic E-state index is 0.0892. The highest BCUT2D eigenvalue weighted by atomic mass is 16.5. The molecule has 1 aliphatic heterocycles. The first-order chi connectivity index (χ1) is 10.2. The molecule has 114 valence electrons. The summed E-state index contributed by atoms with van der Waals surface area (Å²) in [6.45, 7) is 2.23. The molecule has 0 aromatic carbocycles. The number of H-pyrrole nitrogens is 1. The summed E-state index contributed by atoms with van der Waals surface area (Å²) in [7, 11) is 5.48. The number of nitrogens with one attached hydrogen (secondary N) is 1. The van der Waals surface area contributed by atoms with Gasteiger partial charge in [-0.25, -0.2) is 0 Å². The van der Waals surface area contributed by atoms with Gasteiger partial charge in [-0.2, -0.15) is 20.4 Å². The van der Waals surface area contributed by atoms with Crippen LogP contribution < -0.4 is 4.90 Å². The molecule has 1 aliphatic rings. The van der Waals surface area contributed by atoms with Crippen molar-refractivity contribution in [1.29, 1.82) is 0 Å². The lowest BCUT2D eigenvalue weighted by molar-refractivity contribution is 0.0946. The second kappa shape index (κ2) is 5.78. The van der Waals surface area contributed by atoms with E-state index < -0.39 is 0 Å². The van der Waals surface area contributed by atoms with Crippen LogP contribution in [0.25, 0.3) is 0 Å². The van der Waals surface area contributed by atoms with Crippen LogP contribution in [-0.2, 0) is 11.3 Å². The summed E-state index contributed by atoms with van der Waals surface area (Å²) in [6, 6.07) is 0. The Bertz CT molecular complexity index is 568. The Morgan fingerprint density at radius 2 is 2.33 bits per heavy atom. The van der Waals surface area contributed by atoms with E-state index >= 15 is 0 Å². The van der Waals surface area contributed by atoms with Gasteiger partial charge in [0, 0.05) is 40.2 Å². The van der Waals surface area contributed by atoms with Gasteiger partial charge < -0.3 is 14.2 Å². The first-order valence-corrected chi connectivity index (χ1v) is 6.78. The van der Waals surface area contributed by atoms with Gasteiger partial charge in [0.2, 0.25) is 5.89 Å². The lowest BCUT2D eigenvalue weighted by atomic mass is 10.0. The third-order valence-corrected chi connectivity index (χ3v) is 3.67.